The Bertz CT molecular complexity index is 550. The first-order chi connectivity index (χ1) is 11.2. The highest BCUT2D eigenvalue weighted by molar-refractivity contribution is 7.22. The predicted molar refractivity (Wildman–Crippen MR) is 108 cm³/mol. The Hall–Kier alpha value is -0.600. The van der Waals surface area contributed by atoms with Crippen LogP contribution in [-0.2, 0) is 6.42 Å². The van der Waals surface area contributed by atoms with Crippen molar-refractivity contribution in [3.8, 4) is 9.75 Å². The molecule has 0 aliphatic rings. The maximum atomic E-state index is 2.40. The third kappa shape index (κ3) is 6.08. The van der Waals surface area contributed by atoms with Crippen molar-refractivity contribution in [3.63, 3.8) is 0 Å². The first-order valence-corrected chi connectivity index (χ1v) is 11.1. The summed E-state index contributed by atoms with van der Waals surface area (Å²) in [5.74, 6) is 0.718. The minimum absolute atomic E-state index is 0.718. The van der Waals surface area contributed by atoms with Gasteiger partial charge in [0.05, 0.1) is 0 Å². The lowest BCUT2D eigenvalue weighted by atomic mass is 10.0. The Balaban J connectivity index is 1.85. The average Bonchev–Trinajstić information content (AvgIpc) is 3.21. The molecule has 0 spiro atoms. The van der Waals surface area contributed by atoms with Gasteiger partial charge < -0.3 is 0 Å². The molecule has 2 aromatic heterocycles. The molecule has 23 heavy (non-hydrogen) atoms. The quantitative estimate of drug-likeness (QED) is 0.358. The summed E-state index contributed by atoms with van der Waals surface area (Å²) in [6.07, 6.45) is 12.1. The van der Waals surface area contributed by atoms with E-state index in [1.807, 2.05) is 22.7 Å². The molecule has 1 unspecified atom stereocenters. The van der Waals surface area contributed by atoms with Crippen LogP contribution in [0.2, 0.25) is 0 Å². The van der Waals surface area contributed by atoms with Gasteiger partial charge in [0.2, 0.25) is 0 Å². The van der Waals surface area contributed by atoms with Crippen LogP contribution >= 0.6 is 22.7 Å². The Morgan fingerprint density at radius 3 is 2.26 bits per heavy atom. The van der Waals surface area contributed by atoms with E-state index in [1.165, 1.54) is 67.5 Å². The van der Waals surface area contributed by atoms with Crippen molar-refractivity contribution in [3.05, 3.63) is 34.0 Å². The van der Waals surface area contributed by atoms with E-state index >= 15 is 0 Å². The van der Waals surface area contributed by atoms with Gasteiger partial charge in [0.25, 0.3) is 0 Å². The molecule has 0 N–H and O–H groups in total. The zero-order valence-corrected chi connectivity index (χ0v) is 16.7. The van der Waals surface area contributed by atoms with E-state index in [-0.39, 0.29) is 0 Å². The maximum Gasteiger partial charge on any atom is 0.0445 e. The van der Waals surface area contributed by atoms with E-state index in [9.17, 15) is 0 Å². The van der Waals surface area contributed by atoms with Gasteiger partial charge in [-0.3, -0.25) is 0 Å². The first-order valence-electron chi connectivity index (χ1n) is 9.43. The highest BCUT2D eigenvalue weighted by Gasteiger charge is 2.11. The Morgan fingerprint density at radius 2 is 1.48 bits per heavy atom. The van der Waals surface area contributed by atoms with E-state index < -0.39 is 0 Å². The van der Waals surface area contributed by atoms with Crippen LogP contribution in [0.3, 0.4) is 0 Å². The average molecular weight is 349 g/mol. The molecular formula is C21H32S2. The fourth-order valence-electron chi connectivity index (χ4n) is 2.94. The van der Waals surface area contributed by atoms with Crippen LogP contribution in [0, 0.1) is 0 Å². The van der Waals surface area contributed by atoms with Crippen molar-refractivity contribution in [1.82, 2.24) is 0 Å². The molecule has 2 rings (SSSR count). The molecule has 2 heterocycles. The number of rotatable bonds is 11. The topological polar surface area (TPSA) is 0 Å². The fourth-order valence-corrected chi connectivity index (χ4v) is 5.18. The van der Waals surface area contributed by atoms with Crippen LogP contribution in [0.25, 0.3) is 9.75 Å². The third-order valence-corrected chi connectivity index (χ3v) is 7.19. The Labute approximate surface area is 151 Å². The minimum atomic E-state index is 0.718. The van der Waals surface area contributed by atoms with Crippen LogP contribution in [-0.4, -0.2) is 0 Å². The van der Waals surface area contributed by atoms with E-state index in [0.29, 0.717) is 0 Å². The van der Waals surface area contributed by atoms with Crippen molar-refractivity contribution in [2.24, 2.45) is 0 Å². The lowest BCUT2D eigenvalue weighted by molar-refractivity contribution is 0.571. The second-order valence-electron chi connectivity index (χ2n) is 6.68. The second kappa shape index (κ2) is 10.3. The van der Waals surface area contributed by atoms with Gasteiger partial charge in [0.1, 0.15) is 0 Å². The number of hydrogen-bond acceptors (Lipinski definition) is 2. The zero-order chi connectivity index (χ0) is 16.5. The van der Waals surface area contributed by atoms with E-state index in [0.717, 1.165) is 5.92 Å². The van der Waals surface area contributed by atoms with Crippen LogP contribution in [0.5, 0.6) is 0 Å². The standard InChI is InChI=1S/C21H32S2/c1-4-6-8-9-10-11-17(3)19-15-16-21(23-19)20-14-13-18(22-20)12-7-5-2/h13-17H,4-12H2,1-3H3. The van der Waals surface area contributed by atoms with Gasteiger partial charge in [-0.1, -0.05) is 59.3 Å². The monoisotopic (exact) mass is 348 g/mol. The molecule has 0 radical (unpaired) electrons. The molecule has 0 aromatic carbocycles. The summed E-state index contributed by atoms with van der Waals surface area (Å²) in [6.45, 7) is 6.95. The van der Waals surface area contributed by atoms with Crippen molar-refractivity contribution in [1.29, 1.82) is 0 Å². The summed E-state index contributed by atoms with van der Waals surface area (Å²) in [4.78, 5) is 6.04. The zero-order valence-electron chi connectivity index (χ0n) is 15.1. The summed E-state index contributed by atoms with van der Waals surface area (Å²) < 4.78 is 0. The summed E-state index contributed by atoms with van der Waals surface area (Å²) in [5, 5.41) is 0. The lowest BCUT2D eigenvalue weighted by Gasteiger charge is -2.08. The largest absolute Gasteiger partial charge is 0.139 e. The summed E-state index contributed by atoms with van der Waals surface area (Å²) in [7, 11) is 0. The molecule has 2 heteroatoms. The van der Waals surface area contributed by atoms with Crippen LogP contribution in [0.1, 0.15) is 87.8 Å². The van der Waals surface area contributed by atoms with Gasteiger partial charge in [0.15, 0.2) is 0 Å². The number of thiophene rings is 2. The van der Waals surface area contributed by atoms with Crippen molar-refractivity contribution < 1.29 is 0 Å². The minimum Gasteiger partial charge on any atom is -0.139 e. The smallest absolute Gasteiger partial charge is 0.0445 e. The van der Waals surface area contributed by atoms with Crippen molar-refractivity contribution >= 4 is 22.7 Å². The molecule has 0 saturated carbocycles. The molecule has 128 valence electrons. The van der Waals surface area contributed by atoms with Gasteiger partial charge in [0, 0.05) is 19.5 Å². The molecule has 0 aliphatic heterocycles. The molecule has 0 nitrogen and oxygen atoms in total. The Kier molecular flexibility index (Phi) is 8.39. The summed E-state index contributed by atoms with van der Waals surface area (Å²) in [5.41, 5.74) is 0. The summed E-state index contributed by atoms with van der Waals surface area (Å²) >= 11 is 4.00. The summed E-state index contributed by atoms with van der Waals surface area (Å²) in [6, 6.07) is 9.35. The van der Waals surface area contributed by atoms with Crippen molar-refractivity contribution in [2.75, 3.05) is 0 Å². The third-order valence-electron chi connectivity index (χ3n) is 4.53. The highest BCUT2D eigenvalue weighted by atomic mass is 32.1. The van der Waals surface area contributed by atoms with Crippen LogP contribution < -0.4 is 0 Å². The maximum absolute atomic E-state index is 2.40. The number of aryl methyl sites for hydroxylation is 1. The van der Waals surface area contributed by atoms with Gasteiger partial charge in [-0.05, 0) is 49.4 Å². The Morgan fingerprint density at radius 1 is 0.783 bits per heavy atom. The molecule has 0 saturated heterocycles. The molecular weight excluding hydrogens is 316 g/mol. The molecule has 0 aliphatic carbocycles. The number of unbranched alkanes of at least 4 members (excludes halogenated alkanes) is 5. The van der Waals surface area contributed by atoms with Gasteiger partial charge in [-0.2, -0.15) is 0 Å². The molecule has 0 amide bonds. The van der Waals surface area contributed by atoms with E-state index in [4.69, 9.17) is 0 Å². The lowest BCUT2D eigenvalue weighted by Crippen LogP contribution is -1.90. The van der Waals surface area contributed by atoms with Crippen LogP contribution in [0.15, 0.2) is 24.3 Å². The molecule has 1 atom stereocenters. The molecule has 0 bridgehead atoms. The van der Waals surface area contributed by atoms with E-state index in [2.05, 4.69) is 45.0 Å². The number of hydrogen-bond donors (Lipinski definition) is 0. The highest BCUT2D eigenvalue weighted by Crippen LogP contribution is 2.37. The molecule has 0 fully saturated rings. The van der Waals surface area contributed by atoms with Gasteiger partial charge in [-0.25, -0.2) is 0 Å². The molecule has 2 aromatic rings. The van der Waals surface area contributed by atoms with Gasteiger partial charge >= 0.3 is 0 Å². The van der Waals surface area contributed by atoms with E-state index in [1.54, 1.807) is 9.75 Å². The normalized spacial score (nSPS) is 12.7. The predicted octanol–water partition coefficient (Wildman–Crippen LogP) is 8.28. The van der Waals surface area contributed by atoms with Crippen molar-refractivity contribution in [2.45, 2.75) is 84.5 Å². The first kappa shape index (κ1) is 18.7. The van der Waals surface area contributed by atoms with Gasteiger partial charge in [-0.15, -0.1) is 22.7 Å². The SMILES string of the molecule is CCCCCCCC(C)c1ccc(-c2ccc(CCCC)s2)s1. The second-order valence-corrected chi connectivity index (χ2v) is 8.96. The fraction of sp³-hybridized carbons (Fsp3) is 0.619. The van der Waals surface area contributed by atoms with Crippen LogP contribution in [0.4, 0.5) is 0 Å².